The summed E-state index contributed by atoms with van der Waals surface area (Å²) in [6.45, 7) is 3.37. The molecule has 2 rings (SSSR count). The lowest BCUT2D eigenvalue weighted by Crippen LogP contribution is -2.37. The Labute approximate surface area is 111 Å². The van der Waals surface area contributed by atoms with Crippen LogP contribution in [0.1, 0.15) is 30.6 Å². The summed E-state index contributed by atoms with van der Waals surface area (Å²) in [5.74, 6) is -0.235. The Bertz CT molecular complexity index is 536. The van der Waals surface area contributed by atoms with Gasteiger partial charge in [-0.2, -0.15) is 0 Å². The number of hydrogen-bond acceptors (Lipinski definition) is 2. The van der Waals surface area contributed by atoms with Gasteiger partial charge in [0.2, 0.25) is 5.91 Å². The molecule has 94 valence electrons. The van der Waals surface area contributed by atoms with Crippen molar-refractivity contribution in [1.82, 2.24) is 4.90 Å². The second kappa shape index (κ2) is 4.94. The molecule has 0 saturated heterocycles. The number of rotatable bonds is 2. The molecule has 4 heteroatoms. The highest BCUT2D eigenvalue weighted by Gasteiger charge is 2.32. The number of carbonyl (C=O) groups excluding carboxylic acids is 2. The SMILES string of the molecule is CC(=O)N1C=C(C)CC1C(=O)c1ccccc1Cl. The molecule has 0 fully saturated rings. The van der Waals surface area contributed by atoms with Gasteiger partial charge in [-0.15, -0.1) is 0 Å². The maximum absolute atomic E-state index is 12.4. The molecule has 0 saturated carbocycles. The Morgan fingerprint density at radius 1 is 1.33 bits per heavy atom. The van der Waals surface area contributed by atoms with Crippen LogP contribution in [-0.4, -0.2) is 22.6 Å². The minimum Gasteiger partial charge on any atom is -0.308 e. The monoisotopic (exact) mass is 263 g/mol. The topological polar surface area (TPSA) is 37.4 Å². The van der Waals surface area contributed by atoms with Gasteiger partial charge in [0.15, 0.2) is 5.78 Å². The minimum atomic E-state index is -0.456. The third kappa shape index (κ3) is 2.31. The summed E-state index contributed by atoms with van der Waals surface area (Å²) in [4.78, 5) is 25.4. The molecule has 1 aliphatic heterocycles. The first-order valence-corrected chi connectivity index (χ1v) is 6.13. The fraction of sp³-hybridized carbons (Fsp3) is 0.286. The van der Waals surface area contributed by atoms with Crippen molar-refractivity contribution in [3.63, 3.8) is 0 Å². The molecule has 0 radical (unpaired) electrons. The van der Waals surface area contributed by atoms with E-state index < -0.39 is 6.04 Å². The molecule has 1 heterocycles. The number of carbonyl (C=O) groups is 2. The van der Waals surface area contributed by atoms with Crippen LogP contribution >= 0.6 is 11.6 Å². The van der Waals surface area contributed by atoms with E-state index in [9.17, 15) is 9.59 Å². The number of nitrogens with zero attached hydrogens (tertiary/aromatic N) is 1. The maximum Gasteiger partial charge on any atom is 0.224 e. The minimum absolute atomic E-state index is 0.107. The summed E-state index contributed by atoms with van der Waals surface area (Å²) in [5, 5.41) is 0.426. The fourth-order valence-electron chi connectivity index (χ4n) is 2.15. The molecule has 1 atom stereocenters. The van der Waals surface area contributed by atoms with Crippen molar-refractivity contribution in [3.8, 4) is 0 Å². The molecule has 1 unspecified atom stereocenters. The summed E-state index contributed by atoms with van der Waals surface area (Å²) in [6.07, 6.45) is 2.31. The van der Waals surface area contributed by atoms with Gasteiger partial charge in [0.1, 0.15) is 6.04 Å². The zero-order chi connectivity index (χ0) is 13.3. The first-order chi connectivity index (χ1) is 8.50. The Kier molecular flexibility index (Phi) is 3.53. The second-order valence-electron chi connectivity index (χ2n) is 4.47. The van der Waals surface area contributed by atoms with E-state index in [1.54, 1.807) is 30.5 Å². The Morgan fingerprint density at radius 3 is 2.61 bits per heavy atom. The molecule has 1 aromatic carbocycles. The van der Waals surface area contributed by atoms with E-state index in [1.165, 1.54) is 11.8 Å². The molecule has 0 aromatic heterocycles. The maximum atomic E-state index is 12.4. The van der Waals surface area contributed by atoms with Gasteiger partial charge in [0, 0.05) is 18.7 Å². The number of Topliss-reactive ketones (excluding diaryl/α,β-unsaturated/α-hetero) is 1. The molecule has 0 spiro atoms. The molecular formula is C14H14ClNO2. The molecule has 18 heavy (non-hydrogen) atoms. The summed E-state index contributed by atoms with van der Waals surface area (Å²) in [5.41, 5.74) is 1.49. The second-order valence-corrected chi connectivity index (χ2v) is 4.87. The van der Waals surface area contributed by atoms with Crippen LogP contribution in [0.4, 0.5) is 0 Å². The van der Waals surface area contributed by atoms with Crippen molar-refractivity contribution in [1.29, 1.82) is 0 Å². The molecule has 3 nitrogen and oxygen atoms in total. The van der Waals surface area contributed by atoms with Crippen molar-refractivity contribution in [2.75, 3.05) is 0 Å². The quantitative estimate of drug-likeness (QED) is 0.769. The van der Waals surface area contributed by atoms with E-state index in [-0.39, 0.29) is 11.7 Å². The number of ketones is 1. The van der Waals surface area contributed by atoms with Gasteiger partial charge in [-0.3, -0.25) is 9.59 Å². The van der Waals surface area contributed by atoms with Crippen LogP contribution < -0.4 is 0 Å². The Hall–Kier alpha value is -1.61. The van der Waals surface area contributed by atoms with Crippen LogP contribution in [0, 0.1) is 0 Å². The number of amides is 1. The van der Waals surface area contributed by atoms with E-state index in [1.807, 2.05) is 6.92 Å². The summed E-state index contributed by atoms with van der Waals surface area (Å²) < 4.78 is 0. The molecule has 1 aromatic rings. The summed E-state index contributed by atoms with van der Waals surface area (Å²) in [7, 11) is 0. The number of halogens is 1. The van der Waals surface area contributed by atoms with Crippen LogP contribution in [-0.2, 0) is 4.79 Å². The molecular weight excluding hydrogens is 250 g/mol. The van der Waals surface area contributed by atoms with Crippen LogP contribution in [0.25, 0.3) is 0 Å². The molecule has 1 amide bonds. The van der Waals surface area contributed by atoms with Crippen LogP contribution in [0.3, 0.4) is 0 Å². The fourth-order valence-corrected chi connectivity index (χ4v) is 2.38. The standard InChI is InChI=1S/C14H14ClNO2/c1-9-7-13(16(8-9)10(2)17)14(18)11-5-3-4-6-12(11)15/h3-6,8,13H,7H2,1-2H3. The smallest absolute Gasteiger partial charge is 0.224 e. The number of hydrogen-bond donors (Lipinski definition) is 0. The van der Waals surface area contributed by atoms with Gasteiger partial charge >= 0.3 is 0 Å². The average molecular weight is 264 g/mol. The predicted octanol–water partition coefficient (Wildman–Crippen LogP) is 3.05. The molecule has 1 aliphatic rings. The molecule has 0 aliphatic carbocycles. The Morgan fingerprint density at radius 2 is 2.00 bits per heavy atom. The largest absolute Gasteiger partial charge is 0.308 e. The third-order valence-electron chi connectivity index (χ3n) is 3.02. The van der Waals surface area contributed by atoms with E-state index in [0.717, 1.165) is 5.57 Å². The lowest BCUT2D eigenvalue weighted by molar-refractivity contribution is -0.127. The first-order valence-electron chi connectivity index (χ1n) is 5.75. The van der Waals surface area contributed by atoms with Gasteiger partial charge in [0.25, 0.3) is 0 Å². The summed E-state index contributed by atoms with van der Waals surface area (Å²) in [6, 6.07) is 6.47. The van der Waals surface area contributed by atoms with Crippen molar-refractivity contribution in [3.05, 3.63) is 46.6 Å². The molecule has 0 bridgehead atoms. The van der Waals surface area contributed by atoms with E-state index in [0.29, 0.717) is 17.0 Å². The van der Waals surface area contributed by atoms with Gasteiger partial charge in [-0.05, 0) is 25.5 Å². The normalized spacial score (nSPS) is 18.7. The number of benzene rings is 1. The van der Waals surface area contributed by atoms with Crippen molar-refractivity contribution in [2.24, 2.45) is 0 Å². The average Bonchev–Trinajstić information content (AvgIpc) is 2.71. The van der Waals surface area contributed by atoms with Gasteiger partial charge in [-0.1, -0.05) is 29.3 Å². The zero-order valence-electron chi connectivity index (χ0n) is 10.3. The third-order valence-corrected chi connectivity index (χ3v) is 3.35. The van der Waals surface area contributed by atoms with Crippen molar-refractivity contribution in [2.45, 2.75) is 26.3 Å². The van der Waals surface area contributed by atoms with Crippen LogP contribution in [0.15, 0.2) is 36.0 Å². The van der Waals surface area contributed by atoms with Gasteiger partial charge in [-0.25, -0.2) is 0 Å². The first kappa shape index (κ1) is 12.8. The van der Waals surface area contributed by atoms with Crippen LogP contribution in [0.2, 0.25) is 5.02 Å². The van der Waals surface area contributed by atoms with Gasteiger partial charge < -0.3 is 4.90 Å². The highest BCUT2D eigenvalue weighted by atomic mass is 35.5. The van der Waals surface area contributed by atoms with E-state index in [4.69, 9.17) is 11.6 Å². The zero-order valence-corrected chi connectivity index (χ0v) is 11.1. The van der Waals surface area contributed by atoms with Crippen LogP contribution in [0.5, 0.6) is 0 Å². The van der Waals surface area contributed by atoms with E-state index >= 15 is 0 Å². The Balaban J connectivity index is 2.30. The lowest BCUT2D eigenvalue weighted by atomic mass is 10.0. The summed E-state index contributed by atoms with van der Waals surface area (Å²) >= 11 is 6.02. The molecule has 0 N–H and O–H groups in total. The van der Waals surface area contributed by atoms with Crippen molar-refractivity contribution < 1.29 is 9.59 Å². The lowest BCUT2D eigenvalue weighted by Gasteiger charge is -2.21. The van der Waals surface area contributed by atoms with Crippen molar-refractivity contribution >= 4 is 23.3 Å². The van der Waals surface area contributed by atoms with Gasteiger partial charge in [0.05, 0.1) is 5.02 Å². The van der Waals surface area contributed by atoms with E-state index in [2.05, 4.69) is 0 Å². The highest BCUT2D eigenvalue weighted by Crippen LogP contribution is 2.27. The predicted molar refractivity (Wildman–Crippen MR) is 70.5 cm³/mol. The highest BCUT2D eigenvalue weighted by molar-refractivity contribution is 6.34.